The summed E-state index contributed by atoms with van der Waals surface area (Å²) in [7, 11) is 0. The molecule has 1 aliphatic carbocycles. The lowest BCUT2D eigenvalue weighted by Crippen LogP contribution is -2.28. The number of fused-ring (bicyclic) bond motifs is 3. The van der Waals surface area contributed by atoms with E-state index in [0.29, 0.717) is 18.5 Å². The number of nitrogens with one attached hydrogen (secondary N) is 2. The molecule has 1 aliphatic rings. The molecule has 0 bridgehead atoms. The van der Waals surface area contributed by atoms with E-state index in [2.05, 4.69) is 34.9 Å². The Bertz CT molecular complexity index is 1200. The topological polar surface area (TPSA) is 105 Å². The van der Waals surface area contributed by atoms with Crippen molar-refractivity contribution < 1.29 is 24.2 Å². The quantitative estimate of drug-likeness (QED) is 0.408. The molecule has 3 aromatic rings. The van der Waals surface area contributed by atoms with E-state index in [1.54, 1.807) is 12.1 Å². The molecule has 35 heavy (non-hydrogen) atoms. The fraction of sp³-hybridized carbons (Fsp3) is 0.179. The summed E-state index contributed by atoms with van der Waals surface area (Å²) in [6.45, 7) is 0.810. The number of carboxylic acid groups (broad SMARTS) is 1. The third-order valence-corrected chi connectivity index (χ3v) is 5.88. The molecule has 0 saturated heterocycles. The summed E-state index contributed by atoms with van der Waals surface area (Å²) in [6.07, 6.45) is 2.47. The minimum Gasteiger partial charge on any atom is -0.478 e. The van der Waals surface area contributed by atoms with Gasteiger partial charge in [-0.05, 0) is 46.4 Å². The molecular weight excluding hydrogens is 444 g/mol. The third-order valence-electron chi connectivity index (χ3n) is 5.88. The van der Waals surface area contributed by atoms with Crippen molar-refractivity contribution in [3.63, 3.8) is 0 Å². The van der Waals surface area contributed by atoms with Crippen molar-refractivity contribution >= 4 is 18.0 Å². The van der Waals surface area contributed by atoms with Crippen molar-refractivity contribution in [2.75, 3.05) is 19.7 Å². The number of amides is 2. The van der Waals surface area contributed by atoms with Crippen LogP contribution in [0.3, 0.4) is 0 Å². The van der Waals surface area contributed by atoms with E-state index < -0.39 is 12.1 Å². The Morgan fingerprint density at radius 3 is 2.11 bits per heavy atom. The minimum absolute atomic E-state index is 0.0199. The number of carboxylic acids is 1. The summed E-state index contributed by atoms with van der Waals surface area (Å²) in [6, 6.07) is 23.4. The molecule has 0 heterocycles. The minimum atomic E-state index is -1.06. The molecule has 3 aromatic carbocycles. The van der Waals surface area contributed by atoms with Crippen molar-refractivity contribution in [3.05, 3.63) is 107 Å². The molecule has 2 amide bonds. The average molecular weight is 471 g/mol. The largest absolute Gasteiger partial charge is 0.478 e. The average Bonchev–Trinajstić information content (AvgIpc) is 3.19. The van der Waals surface area contributed by atoms with Crippen LogP contribution in [0.5, 0.6) is 0 Å². The molecule has 7 heteroatoms. The van der Waals surface area contributed by atoms with E-state index in [1.807, 2.05) is 36.4 Å². The molecule has 0 spiro atoms. The second-order valence-corrected chi connectivity index (χ2v) is 8.15. The Morgan fingerprint density at radius 2 is 1.49 bits per heavy atom. The summed E-state index contributed by atoms with van der Waals surface area (Å²) in [4.78, 5) is 34.8. The zero-order chi connectivity index (χ0) is 24.6. The Hall–Kier alpha value is -4.39. The number of rotatable bonds is 9. The van der Waals surface area contributed by atoms with Crippen LogP contribution in [-0.2, 0) is 16.0 Å². The Morgan fingerprint density at radius 1 is 0.857 bits per heavy atom. The van der Waals surface area contributed by atoms with Gasteiger partial charge in [-0.15, -0.1) is 0 Å². The van der Waals surface area contributed by atoms with Crippen molar-refractivity contribution in [3.8, 4) is 11.1 Å². The summed E-state index contributed by atoms with van der Waals surface area (Å²) < 4.78 is 5.54. The molecule has 4 rings (SSSR count). The van der Waals surface area contributed by atoms with Crippen LogP contribution >= 0.6 is 0 Å². The highest BCUT2D eigenvalue weighted by molar-refractivity contribution is 5.94. The highest BCUT2D eigenvalue weighted by Crippen LogP contribution is 2.44. The maximum Gasteiger partial charge on any atom is 0.407 e. The van der Waals surface area contributed by atoms with E-state index in [0.717, 1.165) is 11.6 Å². The van der Waals surface area contributed by atoms with E-state index >= 15 is 0 Å². The Balaban J connectivity index is 1.22. The first-order chi connectivity index (χ1) is 17.0. The van der Waals surface area contributed by atoms with Crippen LogP contribution in [0.15, 0.2) is 84.9 Å². The first-order valence-electron chi connectivity index (χ1n) is 11.4. The van der Waals surface area contributed by atoms with Gasteiger partial charge in [0.25, 0.3) is 5.91 Å². The lowest BCUT2D eigenvalue weighted by atomic mass is 9.98. The lowest BCUT2D eigenvalue weighted by molar-refractivity contribution is -0.131. The molecular formula is C28H26N2O5. The van der Waals surface area contributed by atoms with Gasteiger partial charge >= 0.3 is 12.1 Å². The van der Waals surface area contributed by atoms with Crippen molar-refractivity contribution in [2.24, 2.45) is 0 Å². The predicted molar refractivity (Wildman–Crippen MR) is 132 cm³/mol. The molecule has 0 unspecified atom stereocenters. The molecule has 0 atom stereocenters. The number of carbonyl (C=O) groups excluding carboxylic acids is 2. The Labute approximate surface area is 203 Å². The molecule has 0 fully saturated rings. The fourth-order valence-electron chi connectivity index (χ4n) is 4.19. The number of ether oxygens (including phenoxy) is 1. The number of hydrogen-bond donors (Lipinski definition) is 3. The zero-order valence-electron chi connectivity index (χ0n) is 19.1. The maximum absolute atomic E-state index is 12.3. The number of aliphatic carboxylic acids is 1. The van der Waals surface area contributed by atoms with Crippen molar-refractivity contribution in [1.29, 1.82) is 0 Å². The van der Waals surface area contributed by atoms with E-state index in [4.69, 9.17) is 9.84 Å². The molecule has 0 aromatic heterocycles. The van der Waals surface area contributed by atoms with Gasteiger partial charge in [0.15, 0.2) is 0 Å². The third kappa shape index (κ3) is 5.95. The highest BCUT2D eigenvalue weighted by atomic mass is 16.5. The second kappa shape index (κ2) is 11.2. The van der Waals surface area contributed by atoms with Crippen LogP contribution in [0.2, 0.25) is 0 Å². The van der Waals surface area contributed by atoms with Gasteiger partial charge < -0.3 is 20.5 Å². The van der Waals surface area contributed by atoms with Gasteiger partial charge in [0, 0.05) is 30.6 Å². The van der Waals surface area contributed by atoms with Gasteiger partial charge in [0.1, 0.15) is 6.61 Å². The molecule has 0 aliphatic heterocycles. The number of hydrogen-bond acceptors (Lipinski definition) is 4. The van der Waals surface area contributed by atoms with Crippen molar-refractivity contribution in [1.82, 2.24) is 10.6 Å². The van der Waals surface area contributed by atoms with Crippen LogP contribution in [0.4, 0.5) is 4.79 Å². The van der Waals surface area contributed by atoms with Crippen LogP contribution in [0.1, 0.15) is 33.0 Å². The molecule has 0 radical (unpaired) electrons. The smallest absolute Gasteiger partial charge is 0.407 e. The maximum atomic E-state index is 12.3. The fourth-order valence-corrected chi connectivity index (χ4v) is 4.19. The summed E-state index contributed by atoms with van der Waals surface area (Å²) >= 11 is 0. The molecule has 0 saturated carbocycles. The SMILES string of the molecule is O=C(O)/C=C/CNC(=O)c1ccc(CCNC(=O)OCC2c3ccccc3-c3ccccc32)cc1. The predicted octanol–water partition coefficient (Wildman–Crippen LogP) is 4.14. The lowest BCUT2D eigenvalue weighted by Gasteiger charge is -2.14. The second-order valence-electron chi connectivity index (χ2n) is 8.15. The van der Waals surface area contributed by atoms with Gasteiger partial charge in [0.05, 0.1) is 0 Å². The molecule has 3 N–H and O–H groups in total. The van der Waals surface area contributed by atoms with E-state index in [9.17, 15) is 14.4 Å². The molecule has 178 valence electrons. The van der Waals surface area contributed by atoms with E-state index in [1.165, 1.54) is 28.3 Å². The van der Waals surface area contributed by atoms with Crippen LogP contribution in [-0.4, -0.2) is 42.8 Å². The molecule has 7 nitrogen and oxygen atoms in total. The van der Waals surface area contributed by atoms with Gasteiger partial charge in [0.2, 0.25) is 0 Å². The van der Waals surface area contributed by atoms with E-state index in [-0.39, 0.29) is 25.0 Å². The monoisotopic (exact) mass is 470 g/mol. The zero-order valence-corrected chi connectivity index (χ0v) is 19.1. The van der Waals surface area contributed by atoms with Gasteiger partial charge in [-0.3, -0.25) is 4.79 Å². The highest BCUT2D eigenvalue weighted by Gasteiger charge is 2.28. The van der Waals surface area contributed by atoms with Crippen LogP contribution < -0.4 is 10.6 Å². The standard InChI is InChI=1S/C28H26N2O5/c31-26(32)10-5-16-29-27(33)20-13-11-19(12-14-20)15-17-30-28(34)35-18-25-23-8-3-1-6-21(23)22-7-2-4-9-24(22)25/h1-14,25H,15-18H2,(H,29,33)(H,30,34)(H,31,32)/b10-5+. The summed E-state index contributed by atoms with van der Waals surface area (Å²) in [5.41, 5.74) is 6.15. The van der Waals surface area contributed by atoms with Gasteiger partial charge in [-0.1, -0.05) is 66.7 Å². The van der Waals surface area contributed by atoms with Crippen LogP contribution in [0, 0.1) is 0 Å². The first-order valence-corrected chi connectivity index (χ1v) is 11.4. The Kier molecular flexibility index (Phi) is 7.57. The first kappa shape index (κ1) is 23.8. The van der Waals surface area contributed by atoms with Crippen molar-refractivity contribution in [2.45, 2.75) is 12.3 Å². The number of carbonyl (C=O) groups is 3. The summed E-state index contributed by atoms with van der Waals surface area (Å²) in [5.74, 6) is -1.33. The normalized spacial score (nSPS) is 12.1. The van der Waals surface area contributed by atoms with Gasteiger partial charge in [-0.25, -0.2) is 9.59 Å². The number of benzene rings is 3. The van der Waals surface area contributed by atoms with Gasteiger partial charge in [-0.2, -0.15) is 0 Å². The number of alkyl carbamates (subject to hydrolysis) is 1. The van der Waals surface area contributed by atoms with Crippen LogP contribution in [0.25, 0.3) is 11.1 Å². The summed E-state index contributed by atoms with van der Waals surface area (Å²) in [5, 5.41) is 14.0.